The summed E-state index contributed by atoms with van der Waals surface area (Å²) >= 11 is 0. The molecule has 0 aromatic heterocycles. The van der Waals surface area contributed by atoms with Crippen LogP contribution in [0.1, 0.15) is 51.4 Å². The van der Waals surface area contributed by atoms with Crippen LogP contribution in [0.2, 0.25) is 0 Å². The van der Waals surface area contributed by atoms with Crippen LogP contribution >= 0.6 is 0 Å². The molecule has 0 aliphatic heterocycles. The van der Waals surface area contributed by atoms with Gasteiger partial charge in [-0.1, -0.05) is 37.1 Å². The van der Waals surface area contributed by atoms with Crippen molar-refractivity contribution >= 4 is 0 Å². The van der Waals surface area contributed by atoms with E-state index in [9.17, 15) is 0 Å². The predicted octanol–water partition coefficient (Wildman–Crippen LogP) is 4.48. The maximum Gasteiger partial charge on any atom is -0.0140 e. The van der Waals surface area contributed by atoms with Crippen LogP contribution in [-0.4, -0.2) is 0 Å². The quantitative estimate of drug-likeness (QED) is 0.535. The average molecular weight is 190 g/mol. The topological polar surface area (TPSA) is 0 Å². The van der Waals surface area contributed by atoms with Gasteiger partial charge in [-0.05, 0) is 50.4 Å². The molecule has 0 heteroatoms. The average Bonchev–Trinajstić information content (AvgIpc) is 2.20. The van der Waals surface area contributed by atoms with Gasteiger partial charge in [-0.2, -0.15) is 0 Å². The lowest BCUT2D eigenvalue weighted by atomic mass is 9.69. The molecule has 0 aromatic rings. The van der Waals surface area contributed by atoms with Gasteiger partial charge in [0.05, 0.1) is 0 Å². The van der Waals surface area contributed by atoms with Crippen molar-refractivity contribution in [3.05, 3.63) is 24.3 Å². The minimum atomic E-state index is 0.788. The Labute approximate surface area is 88.1 Å². The highest BCUT2D eigenvalue weighted by atomic mass is 14.3. The summed E-state index contributed by atoms with van der Waals surface area (Å²) in [6.45, 7) is 8.53. The Morgan fingerprint density at radius 2 is 1.14 bits per heavy atom. The highest BCUT2D eigenvalue weighted by Crippen LogP contribution is 2.42. The van der Waals surface area contributed by atoms with Gasteiger partial charge in [-0.25, -0.2) is 0 Å². The molecule has 78 valence electrons. The van der Waals surface area contributed by atoms with Crippen molar-refractivity contribution in [1.82, 2.24) is 0 Å². The highest BCUT2D eigenvalue weighted by Gasteiger charge is 2.29. The van der Waals surface area contributed by atoms with E-state index in [1.807, 2.05) is 0 Å². The number of allylic oxidation sites excluding steroid dienone is 2. The highest BCUT2D eigenvalue weighted by molar-refractivity contribution is 5.15. The molecule has 0 amide bonds. The lowest BCUT2D eigenvalue weighted by Crippen LogP contribution is -2.23. The van der Waals surface area contributed by atoms with E-state index in [1.165, 1.54) is 62.5 Å². The zero-order valence-electron chi connectivity index (χ0n) is 9.23. The number of rotatable bonds is 1. The van der Waals surface area contributed by atoms with Crippen molar-refractivity contribution in [2.75, 3.05) is 0 Å². The van der Waals surface area contributed by atoms with Gasteiger partial charge in [0.25, 0.3) is 0 Å². The molecule has 0 heterocycles. The van der Waals surface area contributed by atoms with Gasteiger partial charge >= 0.3 is 0 Å². The Morgan fingerprint density at radius 3 is 1.50 bits per heavy atom. The smallest absolute Gasteiger partial charge is 0.0140 e. The molecule has 2 fully saturated rings. The minimum absolute atomic E-state index is 0.788. The molecule has 0 spiro atoms. The fourth-order valence-electron chi connectivity index (χ4n) is 3.18. The van der Waals surface area contributed by atoms with Gasteiger partial charge in [-0.3, -0.25) is 0 Å². The summed E-state index contributed by atoms with van der Waals surface area (Å²) in [5.74, 6) is 1.58. The van der Waals surface area contributed by atoms with E-state index in [0.29, 0.717) is 0 Å². The Balaban J connectivity index is 2.04. The first-order valence-electron chi connectivity index (χ1n) is 6.14. The molecular weight excluding hydrogens is 168 g/mol. The first kappa shape index (κ1) is 10.0. The van der Waals surface area contributed by atoms with Gasteiger partial charge in [0, 0.05) is 0 Å². The second kappa shape index (κ2) is 4.33. The van der Waals surface area contributed by atoms with Crippen LogP contribution in [0.25, 0.3) is 0 Å². The van der Waals surface area contributed by atoms with Gasteiger partial charge in [-0.15, -0.1) is 0 Å². The fourth-order valence-corrected chi connectivity index (χ4v) is 3.18. The molecule has 2 saturated carbocycles. The lowest BCUT2D eigenvalue weighted by Gasteiger charge is -2.36. The molecule has 2 aliphatic rings. The largest absolute Gasteiger partial charge is 0.0996 e. The molecule has 0 nitrogen and oxygen atoms in total. The summed E-state index contributed by atoms with van der Waals surface area (Å²) in [5, 5.41) is 0. The minimum Gasteiger partial charge on any atom is -0.0996 e. The van der Waals surface area contributed by atoms with Gasteiger partial charge in [0.2, 0.25) is 0 Å². The first-order valence-corrected chi connectivity index (χ1v) is 6.14. The van der Waals surface area contributed by atoms with E-state index < -0.39 is 0 Å². The van der Waals surface area contributed by atoms with Crippen molar-refractivity contribution in [1.29, 1.82) is 0 Å². The maximum absolute atomic E-state index is 4.26. The van der Waals surface area contributed by atoms with Gasteiger partial charge in [0.15, 0.2) is 0 Å². The molecule has 2 atom stereocenters. The summed E-state index contributed by atoms with van der Waals surface area (Å²) in [4.78, 5) is 0. The molecule has 0 radical (unpaired) electrons. The van der Waals surface area contributed by atoms with Crippen LogP contribution in [0.5, 0.6) is 0 Å². The zero-order valence-corrected chi connectivity index (χ0v) is 9.23. The predicted molar refractivity (Wildman–Crippen MR) is 62.2 cm³/mol. The molecule has 2 aliphatic carbocycles. The second-order valence-electron chi connectivity index (χ2n) is 5.02. The third kappa shape index (κ3) is 1.94. The summed E-state index contributed by atoms with van der Waals surface area (Å²) in [6.07, 6.45) is 10.9. The van der Waals surface area contributed by atoms with Crippen molar-refractivity contribution in [3.8, 4) is 0 Å². The summed E-state index contributed by atoms with van der Waals surface area (Å²) in [5.41, 5.74) is 3.04. The molecule has 0 N–H and O–H groups in total. The summed E-state index contributed by atoms with van der Waals surface area (Å²) in [6, 6.07) is 0. The van der Waals surface area contributed by atoms with Crippen LogP contribution in [-0.2, 0) is 0 Å². The molecule has 2 rings (SSSR count). The van der Waals surface area contributed by atoms with E-state index >= 15 is 0 Å². The number of hydrogen-bond donors (Lipinski definition) is 0. The van der Waals surface area contributed by atoms with E-state index in [-0.39, 0.29) is 0 Å². The lowest BCUT2D eigenvalue weighted by molar-refractivity contribution is 0.304. The van der Waals surface area contributed by atoms with Crippen LogP contribution in [0.4, 0.5) is 0 Å². The van der Waals surface area contributed by atoms with E-state index in [2.05, 4.69) is 13.2 Å². The van der Waals surface area contributed by atoms with Crippen molar-refractivity contribution in [2.45, 2.75) is 51.4 Å². The third-order valence-electron chi connectivity index (χ3n) is 4.06. The standard InChI is InChI=1S/C14H22/c1-11-7-3-5-9-13(11)14-10-6-4-8-12(14)2/h13-14H,1-10H2. The molecule has 2 unspecified atom stereocenters. The monoisotopic (exact) mass is 190 g/mol. The van der Waals surface area contributed by atoms with E-state index in [1.54, 1.807) is 0 Å². The third-order valence-corrected chi connectivity index (χ3v) is 4.06. The van der Waals surface area contributed by atoms with E-state index in [4.69, 9.17) is 0 Å². The Bertz CT molecular complexity index is 210. The maximum atomic E-state index is 4.26. The van der Waals surface area contributed by atoms with E-state index in [0.717, 1.165) is 11.8 Å². The zero-order chi connectivity index (χ0) is 9.97. The SMILES string of the molecule is C=C1CCCCC1C1CCCCC1=C. The fraction of sp³-hybridized carbons (Fsp3) is 0.714. The van der Waals surface area contributed by atoms with Crippen molar-refractivity contribution in [3.63, 3.8) is 0 Å². The summed E-state index contributed by atoms with van der Waals surface area (Å²) in [7, 11) is 0. The Morgan fingerprint density at radius 1 is 0.714 bits per heavy atom. The van der Waals surface area contributed by atoms with Crippen LogP contribution < -0.4 is 0 Å². The van der Waals surface area contributed by atoms with Crippen LogP contribution in [0.15, 0.2) is 24.3 Å². The van der Waals surface area contributed by atoms with Gasteiger partial charge in [0.1, 0.15) is 0 Å². The van der Waals surface area contributed by atoms with Crippen LogP contribution in [0.3, 0.4) is 0 Å². The Kier molecular flexibility index (Phi) is 3.10. The first-order chi connectivity index (χ1) is 6.79. The van der Waals surface area contributed by atoms with Crippen LogP contribution in [0, 0.1) is 11.8 Å². The summed E-state index contributed by atoms with van der Waals surface area (Å²) < 4.78 is 0. The Hall–Kier alpha value is -0.520. The molecule has 14 heavy (non-hydrogen) atoms. The normalized spacial score (nSPS) is 34.6. The molecule has 0 saturated heterocycles. The molecular formula is C14H22. The molecule has 0 aromatic carbocycles. The van der Waals surface area contributed by atoms with Crippen molar-refractivity contribution in [2.24, 2.45) is 11.8 Å². The van der Waals surface area contributed by atoms with Gasteiger partial charge < -0.3 is 0 Å². The number of hydrogen-bond acceptors (Lipinski definition) is 0. The second-order valence-corrected chi connectivity index (χ2v) is 5.02. The van der Waals surface area contributed by atoms with Crippen molar-refractivity contribution < 1.29 is 0 Å². The molecule has 0 bridgehead atoms.